The summed E-state index contributed by atoms with van der Waals surface area (Å²) >= 11 is 6.11. The molecule has 2 heterocycles. The third-order valence-corrected chi connectivity index (χ3v) is 3.23. The lowest BCUT2D eigenvalue weighted by atomic mass is 10.3. The van der Waals surface area contributed by atoms with Gasteiger partial charge in [-0.2, -0.15) is 10.2 Å². The predicted octanol–water partition coefficient (Wildman–Crippen LogP) is 2.04. The third-order valence-electron chi connectivity index (χ3n) is 2.68. The van der Waals surface area contributed by atoms with Crippen molar-refractivity contribution in [3.8, 4) is 5.82 Å². The third kappa shape index (κ3) is 2.52. The zero-order chi connectivity index (χ0) is 13.1. The molecule has 0 aliphatic carbocycles. The quantitative estimate of drug-likeness (QED) is 0.919. The van der Waals surface area contributed by atoms with Gasteiger partial charge in [0.05, 0.1) is 22.1 Å². The largest absolute Gasteiger partial charge is 0.311 e. The minimum Gasteiger partial charge on any atom is -0.311 e. The van der Waals surface area contributed by atoms with Gasteiger partial charge in [-0.15, -0.1) is 5.10 Å². The van der Waals surface area contributed by atoms with Crippen molar-refractivity contribution in [3.63, 3.8) is 0 Å². The lowest BCUT2D eigenvalue weighted by Gasteiger charge is -2.04. The van der Waals surface area contributed by atoms with E-state index in [2.05, 4.69) is 27.5 Å². The number of hydrogen-bond acceptors (Lipinski definition) is 4. The van der Waals surface area contributed by atoms with E-state index in [0.29, 0.717) is 10.8 Å². The van der Waals surface area contributed by atoms with Crippen LogP contribution in [0.15, 0.2) is 12.1 Å². The Bertz CT molecular complexity index is 532. The molecule has 0 saturated carbocycles. The second-order valence-electron chi connectivity index (χ2n) is 4.06. The molecule has 0 atom stereocenters. The van der Waals surface area contributed by atoms with E-state index in [4.69, 9.17) is 11.6 Å². The number of nitrogens with zero attached hydrogens (tertiary/aromatic N) is 4. The lowest BCUT2D eigenvalue weighted by Crippen LogP contribution is -2.14. The van der Waals surface area contributed by atoms with Crippen molar-refractivity contribution in [3.05, 3.63) is 34.2 Å². The van der Waals surface area contributed by atoms with E-state index in [9.17, 15) is 0 Å². The van der Waals surface area contributed by atoms with Crippen molar-refractivity contribution >= 4 is 11.6 Å². The Morgan fingerprint density at radius 3 is 2.56 bits per heavy atom. The molecule has 0 fully saturated rings. The molecule has 5 nitrogen and oxygen atoms in total. The molecule has 0 spiro atoms. The Kier molecular flexibility index (Phi) is 3.93. The van der Waals surface area contributed by atoms with Gasteiger partial charge >= 0.3 is 0 Å². The smallest absolute Gasteiger partial charge is 0.175 e. The van der Waals surface area contributed by atoms with E-state index in [1.54, 1.807) is 4.68 Å². The summed E-state index contributed by atoms with van der Waals surface area (Å²) in [5, 5.41) is 16.5. The first kappa shape index (κ1) is 13.0. The minimum atomic E-state index is 0.675. The Hall–Kier alpha value is -1.46. The summed E-state index contributed by atoms with van der Waals surface area (Å²) in [6.07, 6.45) is 0. The highest BCUT2D eigenvalue weighted by molar-refractivity contribution is 6.31. The fourth-order valence-corrected chi connectivity index (χ4v) is 1.78. The van der Waals surface area contributed by atoms with Crippen molar-refractivity contribution in [1.29, 1.82) is 0 Å². The van der Waals surface area contributed by atoms with E-state index in [0.717, 1.165) is 30.2 Å². The average molecular weight is 266 g/mol. The van der Waals surface area contributed by atoms with Gasteiger partial charge in [-0.05, 0) is 32.5 Å². The Labute approximate surface area is 111 Å². The zero-order valence-electron chi connectivity index (χ0n) is 10.7. The van der Waals surface area contributed by atoms with E-state index in [-0.39, 0.29) is 0 Å². The van der Waals surface area contributed by atoms with Crippen molar-refractivity contribution < 1.29 is 0 Å². The molecule has 0 aromatic carbocycles. The standard InChI is InChI=1S/C12H16ClN5/c1-4-14-7-10-5-6-11(16-15-10)18-9(3)12(13)8(2)17-18/h5-6,14H,4,7H2,1-3H3. The van der Waals surface area contributed by atoms with Crippen LogP contribution in [0.1, 0.15) is 24.0 Å². The Morgan fingerprint density at radius 2 is 2.06 bits per heavy atom. The molecule has 0 saturated heterocycles. The van der Waals surface area contributed by atoms with Crippen LogP contribution in [0, 0.1) is 13.8 Å². The highest BCUT2D eigenvalue weighted by Crippen LogP contribution is 2.21. The first-order chi connectivity index (χ1) is 8.63. The van der Waals surface area contributed by atoms with Gasteiger partial charge in [-0.3, -0.25) is 0 Å². The molecule has 6 heteroatoms. The highest BCUT2D eigenvalue weighted by Gasteiger charge is 2.11. The van der Waals surface area contributed by atoms with Crippen LogP contribution in [0.25, 0.3) is 5.82 Å². The van der Waals surface area contributed by atoms with Crippen LogP contribution in [0.2, 0.25) is 5.02 Å². The monoisotopic (exact) mass is 265 g/mol. The van der Waals surface area contributed by atoms with Crippen molar-refractivity contribution in [2.75, 3.05) is 6.54 Å². The molecular formula is C12H16ClN5. The number of aromatic nitrogens is 4. The van der Waals surface area contributed by atoms with E-state index in [1.807, 2.05) is 26.0 Å². The van der Waals surface area contributed by atoms with Crippen LogP contribution in [0.4, 0.5) is 0 Å². The fourth-order valence-electron chi connectivity index (χ4n) is 1.66. The number of nitrogens with one attached hydrogen (secondary N) is 1. The second-order valence-corrected chi connectivity index (χ2v) is 4.44. The first-order valence-corrected chi connectivity index (χ1v) is 6.26. The van der Waals surface area contributed by atoms with Crippen LogP contribution >= 0.6 is 11.6 Å². The van der Waals surface area contributed by atoms with E-state index >= 15 is 0 Å². The summed E-state index contributed by atoms with van der Waals surface area (Å²) in [6, 6.07) is 3.84. The van der Waals surface area contributed by atoms with Crippen LogP contribution in [-0.4, -0.2) is 26.5 Å². The molecule has 0 unspecified atom stereocenters. The van der Waals surface area contributed by atoms with E-state index in [1.165, 1.54) is 0 Å². The number of halogens is 1. The maximum atomic E-state index is 6.11. The summed E-state index contributed by atoms with van der Waals surface area (Å²) < 4.78 is 1.71. The van der Waals surface area contributed by atoms with Gasteiger partial charge in [0.1, 0.15) is 0 Å². The number of aryl methyl sites for hydroxylation is 1. The molecule has 18 heavy (non-hydrogen) atoms. The van der Waals surface area contributed by atoms with Gasteiger partial charge < -0.3 is 5.32 Å². The molecule has 0 bridgehead atoms. The van der Waals surface area contributed by atoms with Crippen LogP contribution in [-0.2, 0) is 6.54 Å². The first-order valence-electron chi connectivity index (χ1n) is 5.89. The van der Waals surface area contributed by atoms with Gasteiger partial charge in [-0.25, -0.2) is 4.68 Å². The highest BCUT2D eigenvalue weighted by atomic mass is 35.5. The van der Waals surface area contributed by atoms with Gasteiger partial charge in [0.15, 0.2) is 5.82 Å². The van der Waals surface area contributed by atoms with Crippen molar-refractivity contribution in [2.45, 2.75) is 27.3 Å². The molecule has 0 aliphatic heterocycles. The Balaban J connectivity index is 2.26. The molecule has 2 aromatic heterocycles. The molecule has 0 radical (unpaired) electrons. The van der Waals surface area contributed by atoms with Crippen molar-refractivity contribution in [1.82, 2.24) is 25.3 Å². The summed E-state index contributed by atoms with van der Waals surface area (Å²) in [7, 11) is 0. The zero-order valence-corrected chi connectivity index (χ0v) is 11.5. The van der Waals surface area contributed by atoms with Crippen molar-refractivity contribution in [2.24, 2.45) is 0 Å². The minimum absolute atomic E-state index is 0.675. The summed E-state index contributed by atoms with van der Waals surface area (Å²) in [4.78, 5) is 0. The predicted molar refractivity (Wildman–Crippen MR) is 71.0 cm³/mol. The maximum Gasteiger partial charge on any atom is 0.175 e. The van der Waals surface area contributed by atoms with Crippen LogP contribution < -0.4 is 5.32 Å². The molecule has 2 rings (SSSR count). The van der Waals surface area contributed by atoms with E-state index < -0.39 is 0 Å². The maximum absolute atomic E-state index is 6.11. The number of rotatable bonds is 4. The summed E-state index contributed by atoms with van der Waals surface area (Å²) in [5.74, 6) is 0.683. The fraction of sp³-hybridized carbons (Fsp3) is 0.417. The lowest BCUT2D eigenvalue weighted by molar-refractivity contribution is 0.689. The number of hydrogen-bond donors (Lipinski definition) is 1. The van der Waals surface area contributed by atoms with Gasteiger partial charge in [-0.1, -0.05) is 18.5 Å². The molecule has 0 amide bonds. The SMILES string of the molecule is CCNCc1ccc(-n2nc(C)c(Cl)c2C)nn1. The van der Waals surface area contributed by atoms with Gasteiger partial charge in [0.2, 0.25) is 0 Å². The second kappa shape index (κ2) is 5.46. The van der Waals surface area contributed by atoms with Crippen LogP contribution in [0.5, 0.6) is 0 Å². The molecular weight excluding hydrogens is 250 g/mol. The summed E-state index contributed by atoms with van der Waals surface area (Å²) in [6.45, 7) is 7.48. The molecule has 0 aliphatic rings. The molecule has 2 aromatic rings. The Morgan fingerprint density at radius 1 is 1.28 bits per heavy atom. The topological polar surface area (TPSA) is 55.6 Å². The van der Waals surface area contributed by atoms with Gasteiger partial charge in [0.25, 0.3) is 0 Å². The summed E-state index contributed by atoms with van der Waals surface area (Å²) in [5.41, 5.74) is 2.59. The van der Waals surface area contributed by atoms with Crippen LogP contribution in [0.3, 0.4) is 0 Å². The average Bonchev–Trinajstić information content (AvgIpc) is 2.65. The molecule has 96 valence electrons. The molecule has 1 N–H and O–H groups in total. The van der Waals surface area contributed by atoms with Gasteiger partial charge in [0, 0.05) is 6.54 Å². The normalized spacial score (nSPS) is 10.9.